The van der Waals surface area contributed by atoms with Crippen LogP contribution in [0.15, 0.2) is 18.5 Å². The predicted molar refractivity (Wildman–Crippen MR) is 86.6 cm³/mol. The van der Waals surface area contributed by atoms with Crippen LogP contribution in [0.5, 0.6) is 0 Å². The first-order valence-electron chi connectivity index (χ1n) is 8.04. The molecular weight excluding hydrogens is 297 g/mol. The number of rotatable bonds is 5. The van der Waals surface area contributed by atoms with Crippen LogP contribution in [-0.2, 0) is 4.74 Å². The summed E-state index contributed by atoms with van der Waals surface area (Å²) in [5.74, 6) is -0.346. The van der Waals surface area contributed by atoms with Crippen molar-refractivity contribution >= 4 is 6.09 Å². The van der Waals surface area contributed by atoms with Gasteiger partial charge in [0.15, 0.2) is 0 Å². The van der Waals surface area contributed by atoms with Crippen LogP contribution in [0.4, 0.5) is 9.18 Å². The second kappa shape index (κ2) is 6.83. The second-order valence-corrected chi connectivity index (χ2v) is 7.30. The zero-order chi connectivity index (χ0) is 17.1. The first-order chi connectivity index (χ1) is 10.7. The Hall–Kier alpha value is -1.69. The zero-order valence-corrected chi connectivity index (χ0v) is 14.3. The normalized spacial score (nSPS) is 18.0. The van der Waals surface area contributed by atoms with E-state index >= 15 is 0 Å². The van der Waals surface area contributed by atoms with Gasteiger partial charge in [0.05, 0.1) is 11.7 Å². The molecule has 6 heteroatoms. The van der Waals surface area contributed by atoms with Crippen LogP contribution in [0.2, 0.25) is 0 Å². The Labute approximate surface area is 137 Å². The number of ether oxygens (including phenoxy) is 1. The summed E-state index contributed by atoms with van der Waals surface area (Å²) in [5.41, 5.74) is -0.00270. The van der Waals surface area contributed by atoms with Gasteiger partial charge in [-0.05, 0) is 58.6 Å². The molecule has 0 aliphatic heterocycles. The van der Waals surface area contributed by atoms with E-state index in [-0.39, 0.29) is 23.5 Å². The molecule has 1 amide bonds. The number of nitrogens with one attached hydrogen (secondary N) is 2. The highest BCUT2D eigenvalue weighted by atomic mass is 19.1. The number of aromatic nitrogens is 1. The van der Waals surface area contributed by atoms with Crippen LogP contribution in [-0.4, -0.2) is 28.8 Å². The first kappa shape index (κ1) is 17.7. The van der Waals surface area contributed by atoms with Crippen molar-refractivity contribution in [3.8, 4) is 0 Å². The van der Waals surface area contributed by atoms with Crippen molar-refractivity contribution in [1.29, 1.82) is 0 Å². The highest BCUT2D eigenvalue weighted by molar-refractivity contribution is 5.69. The van der Waals surface area contributed by atoms with E-state index in [2.05, 4.69) is 15.6 Å². The van der Waals surface area contributed by atoms with Gasteiger partial charge in [0.2, 0.25) is 0 Å². The Kier molecular flexibility index (Phi) is 5.24. The van der Waals surface area contributed by atoms with Crippen molar-refractivity contribution in [2.75, 3.05) is 6.54 Å². The number of hydrogen-bond acceptors (Lipinski definition) is 4. The van der Waals surface area contributed by atoms with Crippen molar-refractivity contribution in [3.05, 3.63) is 29.8 Å². The molecule has 0 saturated heterocycles. The van der Waals surface area contributed by atoms with Gasteiger partial charge in [0.25, 0.3) is 0 Å². The van der Waals surface area contributed by atoms with Gasteiger partial charge in [-0.1, -0.05) is 0 Å². The third kappa shape index (κ3) is 5.16. The Balaban J connectivity index is 1.90. The van der Waals surface area contributed by atoms with Crippen molar-refractivity contribution < 1.29 is 13.9 Å². The van der Waals surface area contributed by atoms with E-state index in [1.165, 1.54) is 12.3 Å². The van der Waals surface area contributed by atoms with Crippen molar-refractivity contribution in [2.45, 2.75) is 64.1 Å². The van der Waals surface area contributed by atoms with E-state index in [0.717, 1.165) is 24.8 Å². The number of carbonyl (C=O) groups is 1. The van der Waals surface area contributed by atoms with Crippen LogP contribution < -0.4 is 10.6 Å². The summed E-state index contributed by atoms with van der Waals surface area (Å²) in [6.07, 6.45) is 5.34. The number of hydrogen-bond donors (Lipinski definition) is 2. The molecular formula is C17H26FN3O2. The molecule has 1 aromatic heterocycles. The average Bonchev–Trinajstić information content (AvgIpc) is 2.39. The maximum absolute atomic E-state index is 13.2. The van der Waals surface area contributed by atoms with Gasteiger partial charge in [-0.2, -0.15) is 0 Å². The molecule has 2 N–H and O–H groups in total. The fourth-order valence-electron chi connectivity index (χ4n) is 2.60. The van der Waals surface area contributed by atoms with Gasteiger partial charge in [0.1, 0.15) is 11.4 Å². The SMILES string of the molecule is CC(NCC1(NC(=O)OC(C)(C)C)CCC1)c1cncc(F)c1. The van der Waals surface area contributed by atoms with Crippen molar-refractivity contribution in [3.63, 3.8) is 0 Å². The summed E-state index contributed by atoms with van der Waals surface area (Å²) in [5, 5.41) is 6.35. The molecule has 5 nitrogen and oxygen atoms in total. The topological polar surface area (TPSA) is 63.2 Å². The molecule has 1 fully saturated rings. The largest absolute Gasteiger partial charge is 0.444 e. The van der Waals surface area contributed by atoms with Crippen LogP contribution in [0.3, 0.4) is 0 Å². The Morgan fingerprint density at radius 1 is 1.43 bits per heavy atom. The summed E-state index contributed by atoms with van der Waals surface area (Å²) < 4.78 is 18.6. The number of carbonyl (C=O) groups excluding carboxylic acids is 1. The minimum absolute atomic E-state index is 0.0453. The van der Waals surface area contributed by atoms with Crippen molar-refractivity contribution in [2.24, 2.45) is 0 Å². The summed E-state index contributed by atoms with van der Waals surface area (Å²) in [7, 11) is 0. The molecule has 1 aliphatic rings. The highest BCUT2D eigenvalue weighted by Gasteiger charge is 2.39. The van der Waals surface area contributed by atoms with Crippen LogP contribution in [0.1, 0.15) is 58.6 Å². The first-order valence-corrected chi connectivity index (χ1v) is 8.04. The third-order valence-corrected chi connectivity index (χ3v) is 4.05. The van der Waals surface area contributed by atoms with Gasteiger partial charge in [-0.3, -0.25) is 4.98 Å². The molecule has 128 valence electrons. The molecule has 23 heavy (non-hydrogen) atoms. The smallest absolute Gasteiger partial charge is 0.408 e. The van der Waals surface area contributed by atoms with E-state index in [1.807, 2.05) is 27.7 Å². The third-order valence-electron chi connectivity index (χ3n) is 4.05. The molecule has 1 atom stereocenters. The van der Waals surface area contributed by atoms with Crippen molar-refractivity contribution in [1.82, 2.24) is 15.6 Å². The van der Waals surface area contributed by atoms with Gasteiger partial charge < -0.3 is 15.4 Å². The molecule has 0 spiro atoms. The minimum atomic E-state index is -0.511. The van der Waals surface area contributed by atoms with Gasteiger partial charge in [-0.15, -0.1) is 0 Å². The summed E-state index contributed by atoms with van der Waals surface area (Å²) >= 11 is 0. The van der Waals surface area contributed by atoms with Gasteiger partial charge in [0, 0.05) is 18.8 Å². The van der Waals surface area contributed by atoms with Gasteiger partial charge in [-0.25, -0.2) is 9.18 Å². The fourth-order valence-corrected chi connectivity index (χ4v) is 2.60. The molecule has 1 aliphatic carbocycles. The molecule has 1 saturated carbocycles. The van der Waals surface area contributed by atoms with E-state index in [1.54, 1.807) is 6.20 Å². The number of pyridine rings is 1. The highest BCUT2D eigenvalue weighted by Crippen LogP contribution is 2.32. The Bertz CT molecular complexity index is 553. The number of halogens is 1. The summed E-state index contributed by atoms with van der Waals surface area (Å²) in [6.45, 7) is 8.10. The molecule has 1 heterocycles. The number of nitrogens with zero attached hydrogens (tertiary/aromatic N) is 1. The van der Waals surface area contributed by atoms with Crippen LogP contribution in [0.25, 0.3) is 0 Å². The molecule has 2 rings (SSSR count). The van der Waals surface area contributed by atoms with E-state index in [0.29, 0.717) is 6.54 Å². The van der Waals surface area contributed by atoms with E-state index < -0.39 is 5.60 Å². The molecule has 1 unspecified atom stereocenters. The van der Waals surface area contributed by atoms with E-state index in [4.69, 9.17) is 4.74 Å². The van der Waals surface area contributed by atoms with Gasteiger partial charge >= 0.3 is 6.09 Å². The number of amides is 1. The monoisotopic (exact) mass is 323 g/mol. The molecule has 0 bridgehead atoms. The zero-order valence-electron chi connectivity index (χ0n) is 14.3. The Morgan fingerprint density at radius 2 is 2.13 bits per heavy atom. The second-order valence-electron chi connectivity index (χ2n) is 7.30. The predicted octanol–water partition coefficient (Wildman–Crippen LogP) is 3.32. The maximum Gasteiger partial charge on any atom is 0.408 e. The fraction of sp³-hybridized carbons (Fsp3) is 0.647. The Morgan fingerprint density at radius 3 is 2.65 bits per heavy atom. The van der Waals surface area contributed by atoms with Crippen LogP contribution in [0, 0.1) is 5.82 Å². The lowest BCUT2D eigenvalue weighted by Gasteiger charge is -2.43. The lowest BCUT2D eigenvalue weighted by Crippen LogP contribution is -2.60. The summed E-state index contributed by atoms with van der Waals surface area (Å²) in [6, 6.07) is 1.43. The van der Waals surface area contributed by atoms with Crippen LogP contribution >= 0.6 is 0 Å². The lowest BCUT2D eigenvalue weighted by molar-refractivity contribution is 0.0379. The minimum Gasteiger partial charge on any atom is -0.444 e. The molecule has 0 radical (unpaired) electrons. The molecule has 0 aromatic carbocycles. The standard InChI is InChI=1S/C17H26FN3O2/c1-12(13-8-14(18)10-19-9-13)20-11-17(6-5-7-17)21-15(22)23-16(2,3)4/h8-10,12,20H,5-7,11H2,1-4H3,(H,21,22). The maximum atomic E-state index is 13.2. The quantitative estimate of drug-likeness (QED) is 0.872. The number of alkyl carbamates (subject to hydrolysis) is 1. The lowest BCUT2D eigenvalue weighted by atomic mass is 9.76. The average molecular weight is 323 g/mol. The summed E-state index contributed by atoms with van der Waals surface area (Å²) in [4.78, 5) is 15.9. The van der Waals surface area contributed by atoms with E-state index in [9.17, 15) is 9.18 Å². The molecule has 1 aromatic rings.